The maximum Gasteiger partial charge on any atom is 0.238 e. The number of likely N-dealkylation sites (tertiary alicyclic amines) is 1. The van der Waals surface area contributed by atoms with Crippen molar-refractivity contribution >= 4 is 23.2 Å². The molecule has 2 atom stereocenters. The van der Waals surface area contributed by atoms with Crippen LogP contribution in [0, 0.1) is 11.7 Å². The summed E-state index contributed by atoms with van der Waals surface area (Å²) in [5.41, 5.74) is 0.393. The Labute approximate surface area is 122 Å². The molecule has 0 spiro atoms. The molecule has 2 rings (SSSR count). The van der Waals surface area contributed by atoms with Crippen LogP contribution in [0.5, 0.6) is 0 Å². The monoisotopic (exact) mass is 300 g/mol. The fourth-order valence-corrected chi connectivity index (χ4v) is 2.46. The molecular formula is C14H18ClFN2O2. The van der Waals surface area contributed by atoms with E-state index in [4.69, 9.17) is 11.6 Å². The zero-order valence-electron chi connectivity index (χ0n) is 11.3. The summed E-state index contributed by atoms with van der Waals surface area (Å²) in [5, 5.41) is 12.6. The molecule has 0 aromatic heterocycles. The highest BCUT2D eigenvalue weighted by molar-refractivity contribution is 6.33. The molecule has 1 amide bonds. The van der Waals surface area contributed by atoms with Gasteiger partial charge < -0.3 is 10.4 Å². The molecule has 1 fully saturated rings. The first kappa shape index (κ1) is 15.2. The number of aliphatic hydroxyl groups excluding tert-OH is 1. The molecular weight excluding hydrogens is 283 g/mol. The largest absolute Gasteiger partial charge is 0.392 e. The minimum atomic E-state index is -0.443. The number of halogens is 2. The number of carbonyl (C=O) groups excluding carboxylic acids is 1. The Morgan fingerprint density at radius 3 is 3.00 bits per heavy atom. The molecule has 0 saturated carbocycles. The fraction of sp³-hybridized carbons (Fsp3) is 0.500. The molecule has 2 unspecified atom stereocenters. The zero-order valence-corrected chi connectivity index (χ0v) is 12.0. The van der Waals surface area contributed by atoms with Crippen molar-refractivity contribution in [3.05, 3.63) is 29.0 Å². The summed E-state index contributed by atoms with van der Waals surface area (Å²) < 4.78 is 12.9. The van der Waals surface area contributed by atoms with Crippen LogP contribution < -0.4 is 5.32 Å². The highest BCUT2D eigenvalue weighted by Gasteiger charge is 2.25. The molecule has 0 aliphatic carbocycles. The maximum atomic E-state index is 12.9. The molecule has 1 saturated heterocycles. The molecule has 1 aliphatic rings. The number of piperidine rings is 1. The van der Waals surface area contributed by atoms with Crippen LogP contribution in [0.3, 0.4) is 0 Å². The van der Waals surface area contributed by atoms with Crippen molar-refractivity contribution in [2.24, 2.45) is 5.92 Å². The zero-order chi connectivity index (χ0) is 14.7. The number of nitrogens with zero attached hydrogens (tertiary/aromatic N) is 1. The van der Waals surface area contributed by atoms with Gasteiger partial charge in [0.25, 0.3) is 0 Å². The normalized spacial score (nSPS) is 23.6. The number of nitrogens with one attached hydrogen (secondary N) is 1. The predicted molar refractivity (Wildman–Crippen MR) is 76.3 cm³/mol. The Bertz CT molecular complexity index is 498. The van der Waals surface area contributed by atoms with Gasteiger partial charge in [0, 0.05) is 6.54 Å². The van der Waals surface area contributed by atoms with Crippen LogP contribution in [0.4, 0.5) is 10.1 Å². The molecule has 20 heavy (non-hydrogen) atoms. The number of anilines is 1. The molecule has 1 aliphatic heterocycles. The highest BCUT2D eigenvalue weighted by atomic mass is 35.5. The van der Waals surface area contributed by atoms with E-state index in [2.05, 4.69) is 5.32 Å². The molecule has 1 heterocycles. The van der Waals surface area contributed by atoms with E-state index in [1.807, 2.05) is 11.8 Å². The van der Waals surface area contributed by atoms with Crippen LogP contribution in [-0.4, -0.2) is 41.7 Å². The molecule has 0 radical (unpaired) electrons. The first-order chi connectivity index (χ1) is 9.45. The second-order valence-corrected chi connectivity index (χ2v) is 5.65. The summed E-state index contributed by atoms with van der Waals surface area (Å²) >= 11 is 5.85. The van der Waals surface area contributed by atoms with E-state index in [0.717, 1.165) is 19.0 Å². The smallest absolute Gasteiger partial charge is 0.238 e. The van der Waals surface area contributed by atoms with Crippen LogP contribution >= 0.6 is 11.6 Å². The summed E-state index contributed by atoms with van der Waals surface area (Å²) in [6.45, 7) is 3.46. The second-order valence-electron chi connectivity index (χ2n) is 5.24. The quantitative estimate of drug-likeness (QED) is 0.899. The van der Waals surface area contributed by atoms with Crippen LogP contribution in [0.1, 0.15) is 13.3 Å². The molecule has 2 N–H and O–H groups in total. The standard InChI is InChI=1S/C14H18ClFN2O2/c1-9-4-5-18(7-13(9)19)8-14(20)17-12-3-2-10(16)6-11(12)15/h2-3,6,9,13,19H,4-5,7-8H2,1H3,(H,17,20). The number of hydrogen-bond donors (Lipinski definition) is 2. The number of amides is 1. The molecule has 110 valence electrons. The summed E-state index contributed by atoms with van der Waals surface area (Å²) in [4.78, 5) is 13.8. The van der Waals surface area contributed by atoms with E-state index < -0.39 is 11.9 Å². The number of aliphatic hydroxyl groups is 1. The SMILES string of the molecule is CC1CCN(CC(=O)Nc2ccc(F)cc2Cl)CC1O. The van der Waals surface area contributed by atoms with Crippen molar-refractivity contribution in [1.29, 1.82) is 0 Å². The Morgan fingerprint density at radius 2 is 2.35 bits per heavy atom. The van der Waals surface area contributed by atoms with Gasteiger partial charge in [-0.2, -0.15) is 0 Å². The van der Waals surface area contributed by atoms with Gasteiger partial charge in [-0.05, 0) is 37.1 Å². The van der Waals surface area contributed by atoms with Crippen molar-refractivity contribution in [3.63, 3.8) is 0 Å². The van der Waals surface area contributed by atoms with E-state index in [-0.39, 0.29) is 23.4 Å². The minimum absolute atomic E-state index is 0.172. The van der Waals surface area contributed by atoms with Crippen LogP contribution in [-0.2, 0) is 4.79 Å². The van der Waals surface area contributed by atoms with Crippen molar-refractivity contribution < 1.29 is 14.3 Å². The average Bonchev–Trinajstić information content (AvgIpc) is 2.37. The van der Waals surface area contributed by atoms with Crippen molar-refractivity contribution in [2.75, 3.05) is 25.0 Å². The van der Waals surface area contributed by atoms with Gasteiger partial charge in [-0.1, -0.05) is 18.5 Å². The third-order valence-electron chi connectivity index (χ3n) is 3.58. The van der Waals surface area contributed by atoms with Gasteiger partial charge in [-0.25, -0.2) is 4.39 Å². The van der Waals surface area contributed by atoms with Gasteiger partial charge in [0.2, 0.25) is 5.91 Å². The average molecular weight is 301 g/mol. The predicted octanol–water partition coefficient (Wildman–Crippen LogP) is 2.12. The lowest BCUT2D eigenvalue weighted by molar-refractivity contribution is -0.118. The fourth-order valence-electron chi connectivity index (χ4n) is 2.24. The van der Waals surface area contributed by atoms with E-state index in [1.165, 1.54) is 12.1 Å². The lowest BCUT2D eigenvalue weighted by Gasteiger charge is -2.33. The molecule has 1 aromatic rings. The Morgan fingerprint density at radius 1 is 1.60 bits per heavy atom. The highest BCUT2D eigenvalue weighted by Crippen LogP contribution is 2.22. The number of rotatable bonds is 3. The number of hydrogen-bond acceptors (Lipinski definition) is 3. The molecule has 0 bridgehead atoms. The van der Waals surface area contributed by atoms with Crippen LogP contribution in [0.15, 0.2) is 18.2 Å². The molecule has 4 nitrogen and oxygen atoms in total. The Kier molecular flexibility index (Phi) is 4.96. The van der Waals surface area contributed by atoms with Gasteiger partial charge in [0.1, 0.15) is 5.82 Å². The van der Waals surface area contributed by atoms with Gasteiger partial charge in [0.05, 0.1) is 23.4 Å². The van der Waals surface area contributed by atoms with Crippen molar-refractivity contribution in [2.45, 2.75) is 19.4 Å². The summed E-state index contributed by atoms with van der Waals surface area (Å²) in [5.74, 6) is -0.401. The topological polar surface area (TPSA) is 52.6 Å². The van der Waals surface area contributed by atoms with Gasteiger partial charge in [0.15, 0.2) is 0 Å². The third-order valence-corrected chi connectivity index (χ3v) is 3.89. The lowest BCUT2D eigenvalue weighted by Crippen LogP contribution is -2.45. The van der Waals surface area contributed by atoms with Crippen molar-refractivity contribution in [3.8, 4) is 0 Å². The summed E-state index contributed by atoms with van der Waals surface area (Å²) in [7, 11) is 0. The van der Waals surface area contributed by atoms with E-state index in [0.29, 0.717) is 12.2 Å². The van der Waals surface area contributed by atoms with Gasteiger partial charge >= 0.3 is 0 Å². The van der Waals surface area contributed by atoms with Crippen molar-refractivity contribution in [1.82, 2.24) is 4.90 Å². The Hall–Kier alpha value is -1.17. The third kappa shape index (κ3) is 3.91. The number of β-amino-alcohol motifs (C(OH)–C–C–N with tert-alkyl or cyclic N) is 1. The first-order valence-electron chi connectivity index (χ1n) is 6.61. The molecule has 1 aromatic carbocycles. The van der Waals surface area contributed by atoms with E-state index in [1.54, 1.807) is 0 Å². The van der Waals surface area contributed by atoms with Crippen LogP contribution in [0.2, 0.25) is 5.02 Å². The van der Waals surface area contributed by atoms with Crippen LogP contribution in [0.25, 0.3) is 0 Å². The van der Waals surface area contributed by atoms with Gasteiger partial charge in [-0.3, -0.25) is 9.69 Å². The second kappa shape index (κ2) is 6.52. The van der Waals surface area contributed by atoms with E-state index in [9.17, 15) is 14.3 Å². The Balaban J connectivity index is 1.89. The first-order valence-corrected chi connectivity index (χ1v) is 6.99. The minimum Gasteiger partial charge on any atom is -0.392 e. The van der Waals surface area contributed by atoms with E-state index >= 15 is 0 Å². The summed E-state index contributed by atoms with van der Waals surface area (Å²) in [6.07, 6.45) is 0.470. The number of carbonyl (C=O) groups is 1. The number of benzene rings is 1. The summed E-state index contributed by atoms with van der Waals surface area (Å²) in [6, 6.07) is 3.83. The lowest BCUT2D eigenvalue weighted by atomic mass is 9.96. The molecule has 6 heteroatoms. The van der Waals surface area contributed by atoms with Gasteiger partial charge in [-0.15, -0.1) is 0 Å². The maximum absolute atomic E-state index is 12.9.